The molecule has 4 atom stereocenters. The number of alkyl halides is 1. The van der Waals surface area contributed by atoms with Crippen molar-refractivity contribution in [3.63, 3.8) is 0 Å². The molecule has 3 aliphatic heterocycles. The van der Waals surface area contributed by atoms with Gasteiger partial charge >= 0.3 is 12.1 Å². The molecule has 2 amide bonds. The van der Waals surface area contributed by atoms with Crippen LogP contribution in [0.4, 0.5) is 14.3 Å². The summed E-state index contributed by atoms with van der Waals surface area (Å²) < 4.78 is 31.4. The number of hydrogen-bond donors (Lipinski definition) is 6. The monoisotopic (exact) mass is 731 g/mol. The van der Waals surface area contributed by atoms with Crippen LogP contribution in [0, 0.1) is 5.41 Å². The van der Waals surface area contributed by atoms with Crippen LogP contribution in [0.5, 0.6) is 0 Å². The van der Waals surface area contributed by atoms with E-state index in [2.05, 4.69) is 39.8 Å². The fourth-order valence-corrected chi connectivity index (χ4v) is 6.19. The lowest BCUT2D eigenvalue weighted by Gasteiger charge is -2.49. The second kappa shape index (κ2) is 17.1. The first kappa shape index (κ1) is 37.2. The maximum absolute atomic E-state index is 13.5. The summed E-state index contributed by atoms with van der Waals surface area (Å²) in [6.45, 7) is 1.15. The summed E-state index contributed by atoms with van der Waals surface area (Å²) in [4.78, 5) is 63.2. The molecule has 3 aliphatic rings. The fourth-order valence-electron chi connectivity index (χ4n) is 4.45. The van der Waals surface area contributed by atoms with Gasteiger partial charge in [0.2, 0.25) is 23.8 Å². The van der Waals surface area contributed by atoms with Crippen LogP contribution in [0.3, 0.4) is 0 Å². The number of β-lactam (4-membered cyclic amide) rings is 1. The first-order valence-electron chi connectivity index (χ1n) is 14.4. The Kier molecular flexibility index (Phi) is 13.0. The number of carbonyl (C=O) groups excluding carboxylic acids is 4. The number of piperazine rings is 1. The number of anilines is 1. The van der Waals surface area contributed by atoms with Gasteiger partial charge < -0.3 is 50.5 Å². The zero-order valence-electron chi connectivity index (χ0n) is 26.1. The summed E-state index contributed by atoms with van der Waals surface area (Å²) in [5, 5.41) is 40.5. The molecule has 0 radical (unpaired) electrons. The molecule has 0 saturated carbocycles. The highest BCUT2D eigenvalue weighted by molar-refractivity contribution is 8.00. The maximum Gasteiger partial charge on any atom is 0.511 e. The zero-order chi connectivity index (χ0) is 35.7. The molecule has 0 aromatic carbocycles. The van der Waals surface area contributed by atoms with Crippen molar-refractivity contribution in [3.8, 4) is 0 Å². The number of nitrogen functional groups attached to an aromatic ring is 1. The molecule has 2 saturated heterocycles. The molecular weight excluding hydrogens is 697 g/mol. The number of fused-ring (bicyclic) bond motifs is 1. The lowest BCUT2D eigenvalue weighted by molar-refractivity contribution is -0.169. The average molecular weight is 732 g/mol. The Morgan fingerprint density at radius 3 is 2.71 bits per heavy atom. The van der Waals surface area contributed by atoms with Gasteiger partial charge in [-0.25, -0.2) is 19.0 Å². The number of ether oxygens (including phenoxy) is 3. The van der Waals surface area contributed by atoms with Gasteiger partial charge in [-0.1, -0.05) is 5.16 Å². The number of hydrogen-bond acceptors (Lipinski definition) is 19. The quantitative estimate of drug-likeness (QED) is 0.0307. The third-order valence-corrected chi connectivity index (χ3v) is 8.65. The number of guanidine groups is 1. The van der Waals surface area contributed by atoms with Gasteiger partial charge in [0, 0.05) is 63.0 Å². The van der Waals surface area contributed by atoms with Crippen molar-refractivity contribution >= 4 is 70.3 Å². The number of esters is 1. The van der Waals surface area contributed by atoms with Crippen LogP contribution in [0.1, 0.15) is 12.7 Å². The Labute approximate surface area is 285 Å². The number of aliphatic hydroxyl groups is 2. The van der Waals surface area contributed by atoms with Crippen molar-refractivity contribution in [3.05, 3.63) is 17.1 Å². The second-order valence-corrected chi connectivity index (χ2v) is 12.1. The fraction of sp³-hybridized carbons (Fsp3) is 0.560. The highest BCUT2D eigenvalue weighted by atomic mass is 32.2. The first-order valence-corrected chi connectivity index (χ1v) is 16.3. The molecule has 1 aromatic rings. The van der Waals surface area contributed by atoms with E-state index in [1.165, 1.54) is 29.9 Å². The molecule has 0 bridgehead atoms. The molecule has 0 spiro atoms. The lowest BCUT2D eigenvalue weighted by Crippen LogP contribution is -2.71. The van der Waals surface area contributed by atoms with Gasteiger partial charge in [0.05, 0.1) is 12.8 Å². The van der Waals surface area contributed by atoms with Crippen LogP contribution >= 0.6 is 23.3 Å². The van der Waals surface area contributed by atoms with E-state index >= 15 is 0 Å². The number of carbonyl (C=O) groups is 4. The summed E-state index contributed by atoms with van der Waals surface area (Å²) in [5.41, 5.74) is 4.99. The van der Waals surface area contributed by atoms with Gasteiger partial charge in [0.1, 0.15) is 29.8 Å². The van der Waals surface area contributed by atoms with E-state index in [4.69, 9.17) is 25.7 Å². The van der Waals surface area contributed by atoms with E-state index in [0.29, 0.717) is 26.2 Å². The summed E-state index contributed by atoms with van der Waals surface area (Å²) >= 11 is 1.92. The Morgan fingerprint density at radius 2 is 2.06 bits per heavy atom. The molecule has 24 heteroatoms. The van der Waals surface area contributed by atoms with Crippen molar-refractivity contribution in [2.75, 3.05) is 64.8 Å². The molecule has 49 heavy (non-hydrogen) atoms. The van der Waals surface area contributed by atoms with Crippen molar-refractivity contribution in [1.29, 1.82) is 5.41 Å². The van der Waals surface area contributed by atoms with E-state index in [1.807, 2.05) is 0 Å². The van der Waals surface area contributed by atoms with Gasteiger partial charge in [-0.3, -0.25) is 19.9 Å². The summed E-state index contributed by atoms with van der Waals surface area (Å²) in [7, 11) is 1.55. The predicted octanol–water partition coefficient (Wildman–Crippen LogP) is -2.42. The third kappa shape index (κ3) is 9.28. The van der Waals surface area contributed by atoms with Crippen LogP contribution in [-0.2, 0) is 33.4 Å². The minimum Gasteiger partial charge on any atom is -0.431 e. The van der Waals surface area contributed by atoms with E-state index in [0.717, 1.165) is 16.4 Å². The normalized spacial score (nSPS) is 20.6. The highest BCUT2D eigenvalue weighted by Crippen LogP contribution is 2.40. The molecule has 4 heterocycles. The smallest absolute Gasteiger partial charge is 0.431 e. The second-order valence-electron chi connectivity index (χ2n) is 10.2. The SMILES string of the molecule is CC(OC(=O)OCC(O)CO)OC(=O)C1=C(/C=N/N(C)C(=N)N2CCNCC2)CSC2C(NC(=O)/C(=N\OCF)c3nsc(N)n3)C(=O)N12. The molecule has 7 N–H and O–H groups in total. The summed E-state index contributed by atoms with van der Waals surface area (Å²) in [6, 6.07) is -1.20. The summed E-state index contributed by atoms with van der Waals surface area (Å²) in [6.07, 6.45) is -2.89. The average Bonchev–Trinajstić information content (AvgIpc) is 3.53. The molecule has 2 fully saturated rings. The first-order chi connectivity index (χ1) is 23.4. The number of thioether (sulfide) groups is 1. The highest BCUT2D eigenvalue weighted by Gasteiger charge is 2.55. The lowest BCUT2D eigenvalue weighted by atomic mass is 10.0. The number of nitrogens with zero attached hydrogens (tertiary/aromatic N) is 7. The number of aliphatic hydroxyl groups excluding tert-OH is 2. The summed E-state index contributed by atoms with van der Waals surface area (Å²) in [5.74, 6) is -2.90. The Balaban J connectivity index is 1.53. The number of rotatable bonds is 13. The van der Waals surface area contributed by atoms with Crippen molar-refractivity contribution in [2.24, 2.45) is 10.3 Å². The van der Waals surface area contributed by atoms with Crippen LogP contribution in [0.25, 0.3) is 0 Å². The number of halogens is 1. The molecule has 268 valence electrons. The maximum atomic E-state index is 13.5. The van der Waals surface area contributed by atoms with Crippen LogP contribution in [-0.4, -0.2) is 159 Å². The Hall–Kier alpha value is -4.65. The third-order valence-electron chi connectivity index (χ3n) is 6.80. The molecule has 4 rings (SSSR count). The van der Waals surface area contributed by atoms with Gasteiger partial charge in [-0.05, 0) is 0 Å². The van der Waals surface area contributed by atoms with Crippen LogP contribution in [0.15, 0.2) is 21.5 Å². The zero-order valence-corrected chi connectivity index (χ0v) is 27.7. The minimum absolute atomic E-state index is 0.00472. The van der Waals surface area contributed by atoms with E-state index in [1.54, 1.807) is 11.9 Å². The van der Waals surface area contributed by atoms with E-state index in [-0.39, 0.29) is 33.9 Å². The molecule has 4 unspecified atom stereocenters. The largest absolute Gasteiger partial charge is 0.511 e. The minimum atomic E-state index is -1.53. The topological polar surface area (TPSA) is 280 Å². The predicted molar refractivity (Wildman–Crippen MR) is 169 cm³/mol. The van der Waals surface area contributed by atoms with Gasteiger partial charge in [0.15, 0.2) is 5.13 Å². The van der Waals surface area contributed by atoms with E-state index in [9.17, 15) is 28.7 Å². The number of oxime groups is 1. The van der Waals surface area contributed by atoms with Gasteiger partial charge in [-0.15, -0.1) is 11.8 Å². The van der Waals surface area contributed by atoms with Crippen molar-refractivity contribution in [2.45, 2.75) is 30.7 Å². The van der Waals surface area contributed by atoms with Crippen LogP contribution < -0.4 is 16.4 Å². The number of hydrazone groups is 1. The Bertz CT molecular complexity index is 1510. The van der Waals surface area contributed by atoms with Crippen molar-refractivity contribution in [1.82, 2.24) is 34.8 Å². The number of aromatic nitrogens is 2. The van der Waals surface area contributed by atoms with Crippen molar-refractivity contribution < 1.29 is 52.8 Å². The molecule has 1 aromatic heterocycles. The van der Waals surface area contributed by atoms with Gasteiger partial charge in [0.25, 0.3) is 18.7 Å². The number of amides is 2. The van der Waals surface area contributed by atoms with E-state index < -0.39 is 73.5 Å². The molecular formula is C25H34FN11O10S2. The number of nitrogens with one attached hydrogen (secondary N) is 3. The van der Waals surface area contributed by atoms with Gasteiger partial charge in [-0.2, -0.15) is 14.5 Å². The molecule has 21 nitrogen and oxygen atoms in total. The standard InChI is InChI=1S/C25H34FN11O10S2/c1-12(47-25(43)44-9-14(39)8-38)46-22(42)17-13(7-30-35(2)24(28)36-5-3-29-4-6-36)10-48-21-16(20(41)37(17)21)31-19(40)15(33-45-11-26)18-32-23(27)49-34-18/h7,12,14,16,21,28-29,38-39H,3-6,8-11H2,1-2H3,(H,31,40)(H2,27,32,34)/b28-24?,30-7+,33-15-. The molecule has 0 aliphatic carbocycles. The number of nitrogens with two attached hydrogens (primary N) is 1. The Morgan fingerprint density at radius 1 is 1.33 bits per heavy atom. The van der Waals surface area contributed by atoms with Crippen LogP contribution in [0.2, 0.25) is 0 Å².